The average molecular weight is 183 g/mol. The molecular formula is C10H17NO2. The van der Waals surface area contributed by atoms with Crippen molar-refractivity contribution in [3.8, 4) is 0 Å². The molecule has 0 aliphatic carbocycles. The maximum absolute atomic E-state index is 11.6. The average Bonchev–Trinajstić information content (AvgIpc) is 2.39. The lowest BCUT2D eigenvalue weighted by Gasteiger charge is -2.29. The van der Waals surface area contributed by atoms with Gasteiger partial charge in [-0.1, -0.05) is 6.42 Å². The lowest BCUT2D eigenvalue weighted by atomic mass is 10.1. The molecule has 2 aliphatic rings. The highest BCUT2D eigenvalue weighted by Crippen LogP contribution is 2.30. The van der Waals surface area contributed by atoms with E-state index in [4.69, 9.17) is 4.74 Å². The Balaban J connectivity index is 2.14. The van der Waals surface area contributed by atoms with Crippen molar-refractivity contribution in [2.75, 3.05) is 7.11 Å². The van der Waals surface area contributed by atoms with Gasteiger partial charge in [0.1, 0.15) is 6.23 Å². The third-order valence-corrected chi connectivity index (χ3v) is 3.19. The van der Waals surface area contributed by atoms with Gasteiger partial charge in [-0.25, -0.2) is 0 Å². The SMILES string of the molecule is CO[C@H]1CCCC[C@@H]2CCC(=O)N21. The summed E-state index contributed by atoms with van der Waals surface area (Å²) in [5.41, 5.74) is 0. The second-order valence-corrected chi connectivity index (χ2v) is 3.97. The predicted molar refractivity (Wildman–Crippen MR) is 49.1 cm³/mol. The molecule has 2 atom stereocenters. The Morgan fingerprint density at radius 1 is 1.31 bits per heavy atom. The largest absolute Gasteiger partial charge is 0.362 e. The van der Waals surface area contributed by atoms with Crippen molar-refractivity contribution in [1.29, 1.82) is 0 Å². The van der Waals surface area contributed by atoms with Gasteiger partial charge in [-0.2, -0.15) is 0 Å². The summed E-state index contributed by atoms with van der Waals surface area (Å²) < 4.78 is 5.36. The Bertz CT molecular complexity index is 205. The van der Waals surface area contributed by atoms with Crippen LogP contribution in [0.3, 0.4) is 0 Å². The summed E-state index contributed by atoms with van der Waals surface area (Å²) in [6, 6.07) is 0.472. The normalized spacial score (nSPS) is 34.5. The fraction of sp³-hybridized carbons (Fsp3) is 0.900. The lowest BCUT2D eigenvalue weighted by molar-refractivity contribution is -0.141. The molecular weight excluding hydrogens is 166 g/mol. The first kappa shape index (κ1) is 9.00. The van der Waals surface area contributed by atoms with Crippen LogP contribution in [0.4, 0.5) is 0 Å². The van der Waals surface area contributed by atoms with Gasteiger partial charge in [0.15, 0.2) is 0 Å². The highest BCUT2D eigenvalue weighted by Gasteiger charge is 2.37. The molecule has 0 saturated carbocycles. The molecule has 0 spiro atoms. The van der Waals surface area contributed by atoms with Gasteiger partial charge in [0, 0.05) is 19.6 Å². The van der Waals surface area contributed by atoms with Crippen LogP contribution in [0.2, 0.25) is 0 Å². The minimum atomic E-state index is 0.0579. The number of rotatable bonds is 1. The maximum Gasteiger partial charge on any atom is 0.224 e. The van der Waals surface area contributed by atoms with E-state index in [-0.39, 0.29) is 6.23 Å². The molecule has 2 heterocycles. The first-order chi connectivity index (χ1) is 6.33. The van der Waals surface area contributed by atoms with Crippen LogP contribution in [-0.4, -0.2) is 30.2 Å². The van der Waals surface area contributed by atoms with E-state index in [1.54, 1.807) is 7.11 Å². The topological polar surface area (TPSA) is 29.5 Å². The van der Waals surface area contributed by atoms with Crippen LogP contribution in [0.15, 0.2) is 0 Å². The summed E-state index contributed by atoms with van der Waals surface area (Å²) in [5, 5.41) is 0. The molecule has 0 aromatic rings. The smallest absolute Gasteiger partial charge is 0.224 e. The Hall–Kier alpha value is -0.570. The Morgan fingerprint density at radius 2 is 2.08 bits per heavy atom. The number of ether oxygens (including phenoxy) is 1. The lowest BCUT2D eigenvalue weighted by Crippen LogP contribution is -2.41. The monoisotopic (exact) mass is 183 g/mol. The van der Waals surface area contributed by atoms with Crippen LogP contribution in [0, 0.1) is 0 Å². The van der Waals surface area contributed by atoms with Gasteiger partial charge in [0.05, 0.1) is 0 Å². The molecule has 0 radical (unpaired) electrons. The van der Waals surface area contributed by atoms with E-state index in [2.05, 4.69) is 0 Å². The molecule has 0 N–H and O–H groups in total. The number of hydrogen-bond acceptors (Lipinski definition) is 2. The third-order valence-electron chi connectivity index (χ3n) is 3.19. The second kappa shape index (κ2) is 3.66. The summed E-state index contributed by atoms with van der Waals surface area (Å²) in [5.74, 6) is 0.291. The van der Waals surface area contributed by atoms with E-state index in [1.165, 1.54) is 19.3 Å². The highest BCUT2D eigenvalue weighted by atomic mass is 16.5. The number of fused-ring (bicyclic) bond motifs is 1. The van der Waals surface area contributed by atoms with Crippen molar-refractivity contribution < 1.29 is 9.53 Å². The number of carbonyl (C=O) groups is 1. The van der Waals surface area contributed by atoms with Crippen LogP contribution in [-0.2, 0) is 9.53 Å². The summed E-state index contributed by atoms with van der Waals surface area (Å²) in [4.78, 5) is 13.6. The van der Waals surface area contributed by atoms with Gasteiger partial charge in [-0.15, -0.1) is 0 Å². The first-order valence-electron chi connectivity index (χ1n) is 5.17. The van der Waals surface area contributed by atoms with E-state index in [9.17, 15) is 4.79 Å². The zero-order valence-electron chi connectivity index (χ0n) is 8.16. The molecule has 2 fully saturated rings. The Labute approximate surface area is 79.0 Å². The number of amides is 1. The molecule has 2 rings (SSSR count). The fourth-order valence-corrected chi connectivity index (χ4v) is 2.51. The zero-order valence-corrected chi connectivity index (χ0v) is 8.16. The van der Waals surface area contributed by atoms with Crippen LogP contribution in [0.25, 0.3) is 0 Å². The summed E-state index contributed by atoms with van der Waals surface area (Å²) >= 11 is 0. The molecule has 0 aromatic heterocycles. The zero-order chi connectivity index (χ0) is 9.26. The van der Waals surface area contributed by atoms with E-state index in [1.807, 2.05) is 4.90 Å². The molecule has 3 heteroatoms. The van der Waals surface area contributed by atoms with Crippen molar-refractivity contribution in [1.82, 2.24) is 4.90 Å². The van der Waals surface area contributed by atoms with Crippen molar-refractivity contribution in [3.05, 3.63) is 0 Å². The first-order valence-corrected chi connectivity index (χ1v) is 5.17. The van der Waals surface area contributed by atoms with Crippen LogP contribution < -0.4 is 0 Å². The Kier molecular flexibility index (Phi) is 2.54. The van der Waals surface area contributed by atoms with Crippen molar-refractivity contribution in [3.63, 3.8) is 0 Å². The predicted octanol–water partition coefficient (Wildman–Crippen LogP) is 1.52. The van der Waals surface area contributed by atoms with Crippen LogP contribution in [0.5, 0.6) is 0 Å². The quantitative estimate of drug-likeness (QED) is 0.617. The van der Waals surface area contributed by atoms with E-state index in [0.29, 0.717) is 11.9 Å². The minimum absolute atomic E-state index is 0.0579. The molecule has 0 bridgehead atoms. The van der Waals surface area contributed by atoms with Gasteiger partial charge in [0.2, 0.25) is 5.91 Å². The van der Waals surface area contributed by atoms with Crippen molar-refractivity contribution >= 4 is 5.91 Å². The highest BCUT2D eigenvalue weighted by molar-refractivity contribution is 5.79. The number of methoxy groups -OCH3 is 1. The van der Waals surface area contributed by atoms with Gasteiger partial charge >= 0.3 is 0 Å². The van der Waals surface area contributed by atoms with Crippen LogP contribution in [0.1, 0.15) is 38.5 Å². The number of carbonyl (C=O) groups excluding carboxylic acids is 1. The standard InChI is InChI=1S/C10H17NO2/c1-13-10-5-3-2-4-8-6-7-9(12)11(8)10/h8,10H,2-7H2,1H3/t8-,10+/m1/s1. The summed E-state index contributed by atoms with van der Waals surface area (Å²) in [7, 11) is 1.71. The molecule has 3 nitrogen and oxygen atoms in total. The van der Waals surface area contributed by atoms with Gasteiger partial charge in [-0.05, 0) is 25.7 Å². The molecule has 2 aliphatic heterocycles. The molecule has 2 saturated heterocycles. The maximum atomic E-state index is 11.6. The number of hydrogen-bond donors (Lipinski definition) is 0. The molecule has 74 valence electrons. The molecule has 1 amide bonds. The van der Waals surface area contributed by atoms with E-state index < -0.39 is 0 Å². The number of nitrogens with zero attached hydrogens (tertiary/aromatic N) is 1. The fourth-order valence-electron chi connectivity index (χ4n) is 2.51. The molecule has 0 aromatic carbocycles. The molecule has 13 heavy (non-hydrogen) atoms. The van der Waals surface area contributed by atoms with Crippen molar-refractivity contribution in [2.45, 2.75) is 50.8 Å². The van der Waals surface area contributed by atoms with E-state index >= 15 is 0 Å². The second-order valence-electron chi connectivity index (χ2n) is 3.97. The molecule has 0 unspecified atom stereocenters. The van der Waals surface area contributed by atoms with Gasteiger partial charge < -0.3 is 9.64 Å². The third kappa shape index (κ3) is 1.57. The Morgan fingerprint density at radius 3 is 2.85 bits per heavy atom. The van der Waals surface area contributed by atoms with E-state index in [0.717, 1.165) is 19.3 Å². The minimum Gasteiger partial charge on any atom is -0.362 e. The van der Waals surface area contributed by atoms with Crippen molar-refractivity contribution in [2.24, 2.45) is 0 Å². The summed E-state index contributed by atoms with van der Waals surface area (Å²) in [6.45, 7) is 0. The van der Waals surface area contributed by atoms with Gasteiger partial charge in [-0.3, -0.25) is 4.79 Å². The summed E-state index contributed by atoms with van der Waals surface area (Å²) in [6.07, 6.45) is 6.45. The van der Waals surface area contributed by atoms with Crippen LogP contribution >= 0.6 is 0 Å². The van der Waals surface area contributed by atoms with Gasteiger partial charge in [0.25, 0.3) is 0 Å².